The van der Waals surface area contributed by atoms with Gasteiger partial charge < -0.3 is 0 Å². The summed E-state index contributed by atoms with van der Waals surface area (Å²) < 4.78 is 1.05. The summed E-state index contributed by atoms with van der Waals surface area (Å²) in [4.78, 5) is 16.6. The monoisotopic (exact) mass is 357 g/mol. The molecule has 0 aromatic heterocycles. The van der Waals surface area contributed by atoms with Crippen molar-refractivity contribution in [3.8, 4) is 0 Å². The van der Waals surface area contributed by atoms with Gasteiger partial charge in [0.2, 0.25) is 0 Å². The van der Waals surface area contributed by atoms with Crippen molar-refractivity contribution >= 4 is 27.9 Å². The van der Waals surface area contributed by atoms with Gasteiger partial charge in [0, 0.05) is 22.5 Å². The number of rotatable bonds is 2. The van der Waals surface area contributed by atoms with Gasteiger partial charge in [0.05, 0.1) is 0 Å². The highest BCUT2D eigenvalue weighted by Gasteiger charge is 2.27. The lowest BCUT2D eigenvalue weighted by molar-refractivity contribution is -0.113. The van der Waals surface area contributed by atoms with Crippen LogP contribution in [0.15, 0.2) is 68.8 Å². The molecule has 1 aromatic carbocycles. The Morgan fingerprint density at radius 2 is 1.73 bits per heavy atom. The summed E-state index contributed by atoms with van der Waals surface area (Å²) in [6, 6.07) is 7.95. The van der Waals surface area contributed by atoms with Gasteiger partial charge in [-0.3, -0.25) is 9.79 Å². The van der Waals surface area contributed by atoms with Crippen LogP contribution in [-0.2, 0) is 4.79 Å². The predicted octanol–water partition coefficient (Wildman–Crippen LogP) is 5.25. The molecule has 2 nitrogen and oxygen atoms in total. The topological polar surface area (TPSA) is 29.4 Å². The molecule has 1 aromatic rings. The molecular formula is C19H20BrNO. The second kappa shape index (κ2) is 6.57. The van der Waals surface area contributed by atoms with Crippen LogP contribution in [0.2, 0.25) is 0 Å². The van der Waals surface area contributed by atoms with E-state index in [2.05, 4.69) is 41.7 Å². The number of aliphatic imine (C=N–C) groups is 1. The molecule has 2 rings (SSSR count). The number of hydrogen-bond acceptors (Lipinski definition) is 2. The van der Waals surface area contributed by atoms with Crippen LogP contribution in [0.1, 0.15) is 33.3 Å². The van der Waals surface area contributed by atoms with Gasteiger partial charge in [0.25, 0.3) is 0 Å². The van der Waals surface area contributed by atoms with Crippen molar-refractivity contribution in [1.29, 1.82) is 0 Å². The van der Waals surface area contributed by atoms with E-state index >= 15 is 0 Å². The predicted molar refractivity (Wildman–Crippen MR) is 96.1 cm³/mol. The zero-order chi connectivity index (χ0) is 16.3. The van der Waals surface area contributed by atoms with E-state index < -0.39 is 0 Å². The van der Waals surface area contributed by atoms with Crippen LogP contribution in [0.3, 0.4) is 0 Å². The highest BCUT2D eigenvalue weighted by atomic mass is 79.9. The quantitative estimate of drug-likeness (QED) is 0.664. The molecule has 22 heavy (non-hydrogen) atoms. The van der Waals surface area contributed by atoms with Crippen LogP contribution in [0.5, 0.6) is 0 Å². The zero-order valence-electron chi connectivity index (χ0n) is 13.4. The van der Waals surface area contributed by atoms with Crippen molar-refractivity contribution in [2.45, 2.75) is 27.7 Å². The molecule has 114 valence electrons. The third-order valence-electron chi connectivity index (χ3n) is 3.42. The Labute approximate surface area is 140 Å². The molecule has 0 radical (unpaired) electrons. The number of carbonyl (C=O) groups is 1. The van der Waals surface area contributed by atoms with E-state index in [1.807, 2.05) is 49.6 Å². The first-order valence-corrected chi connectivity index (χ1v) is 8.01. The number of ketones is 1. The lowest BCUT2D eigenvalue weighted by Gasteiger charge is -2.24. The maximum atomic E-state index is 12.2. The Morgan fingerprint density at radius 1 is 1.09 bits per heavy atom. The first-order valence-electron chi connectivity index (χ1n) is 7.21. The zero-order valence-corrected chi connectivity index (χ0v) is 14.9. The number of benzene rings is 1. The van der Waals surface area contributed by atoms with E-state index in [-0.39, 0.29) is 11.2 Å². The molecule has 1 aliphatic carbocycles. The number of carbonyl (C=O) groups excluding carboxylic acids is 1. The van der Waals surface area contributed by atoms with Gasteiger partial charge in [-0.15, -0.1) is 0 Å². The molecule has 0 fully saturated rings. The molecular weight excluding hydrogens is 338 g/mol. The normalized spacial score (nSPS) is 17.9. The molecule has 0 amide bonds. The minimum atomic E-state index is -0.166. The first kappa shape index (κ1) is 16.6. The van der Waals surface area contributed by atoms with Gasteiger partial charge in [0.15, 0.2) is 5.78 Å². The smallest absolute Gasteiger partial charge is 0.185 e. The lowest BCUT2D eigenvalue weighted by atomic mass is 9.78. The fourth-order valence-electron chi connectivity index (χ4n) is 2.19. The molecule has 0 saturated carbocycles. The number of allylic oxidation sites excluding steroid dienone is 5. The van der Waals surface area contributed by atoms with Gasteiger partial charge >= 0.3 is 0 Å². The van der Waals surface area contributed by atoms with E-state index in [1.54, 1.807) is 6.20 Å². The summed E-state index contributed by atoms with van der Waals surface area (Å²) in [7, 11) is 0. The Hall–Kier alpha value is -1.74. The third-order valence-corrected chi connectivity index (χ3v) is 3.95. The highest BCUT2D eigenvalue weighted by Crippen LogP contribution is 2.32. The lowest BCUT2D eigenvalue weighted by Crippen LogP contribution is -2.21. The molecule has 0 bridgehead atoms. The third kappa shape index (κ3) is 4.14. The second-order valence-electron chi connectivity index (χ2n) is 6.42. The van der Waals surface area contributed by atoms with Gasteiger partial charge in [-0.1, -0.05) is 48.8 Å². The summed E-state index contributed by atoms with van der Waals surface area (Å²) in [5.74, 6) is 0.126. The van der Waals surface area contributed by atoms with Gasteiger partial charge in [0.1, 0.15) is 0 Å². The standard InChI is InChI=1S/C19H20BrNO/c1-13-9-15(10-17(18(13)22)19(2,3)4)12-21-11-14-5-7-16(20)8-6-14/h5-12H,1-4H3. The average molecular weight is 358 g/mol. The Morgan fingerprint density at radius 3 is 2.32 bits per heavy atom. The minimum Gasteiger partial charge on any atom is -0.289 e. The number of halogens is 1. The van der Waals surface area contributed by atoms with Crippen molar-refractivity contribution in [3.63, 3.8) is 0 Å². The van der Waals surface area contributed by atoms with Crippen molar-refractivity contribution in [3.05, 3.63) is 69.4 Å². The van der Waals surface area contributed by atoms with Crippen LogP contribution in [0.4, 0.5) is 0 Å². The van der Waals surface area contributed by atoms with E-state index in [4.69, 9.17) is 0 Å². The fourth-order valence-corrected chi connectivity index (χ4v) is 2.46. The molecule has 0 spiro atoms. The number of hydrogen-bond donors (Lipinski definition) is 0. The van der Waals surface area contributed by atoms with Crippen molar-refractivity contribution in [2.75, 3.05) is 0 Å². The number of Topliss-reactive ketones (excluding diaryl/α,β-unsaturated/α-hetero) is 1. The summed E-state index contributed by atoms with van der Waals surface area (Å²) in [5, 5.41) is 0. The Balaban J connectivity index is 2.25. The summed E-state index contributed by atoms with van der Waals surface area (Å²) in [6.07, 6.45) is 7.43. The molecule has 0 saturated heterocycles. The minimum absolute atomic E-state index is 0.126. The van der Waals surface area contributed by atoms with Crippen LogP contribution in [-0.4, -0.2) is 12.0 Å². The summed E-state index contributed by atoms with van der Waals surface area (Å²) in [5.41, 5.74) is 3.42. The summed E-state index contributed by atoms with van der Waals surface area (Å²) >= 11 is 3.41. The Kier molecular flexibility index (Phi) is 4.97. The molecule has 0 N–H and O–H groups in total. The van der Waals surface area contributed by atoms with Crippen molar-refractivity contribution < 1.29 is 4.79 Å². The van der Waals surface area contributed by atoms with Crippen LogP contribution < -0.4 is 0 Å². The molecule has 0 aliphatic heterocycles. The SMILES string of the molecule is CC1=CC(=CN=Cc2ccc(Br)cc2)C=C(C(C)(C)C)C1=O. The Bertz CT molecular complexity index is 698. The summed E-state index contributed by atoms with van der Waals surface area (Å²) in [6.45, 7) is 8.02. The molecule has 3 heteroatoms. The molecule has 0 unspecified atom stereocenters. The van der Waals surface area contributed by atoms with Crippen molar-refractivity contribution in [1.82, 2.24) is 0 Å². The van der Waals surface area contributed by atoms with E-state index in [0.717, 1.165) is 26.8 Å². The van der Waals surface area contributed by atoms with E-state index in [0.29, 0.717) is 0 Å². The van der Waals surface area contributed by atoms with Gasteiger partial charge in [-0.25, -0.2) is 0 Å². The van der Waals surface area contributed by atoms with Gasteiger partial charge in [-0.05, 0) is 53.3 Å². The maximum Gasteiger partial charge on any atom is 0.185 e. The fraction of sp³-hybridized carbons (Fsp3) is 0.263. The molecule has 0 atom stereocenters. The largest absolute Gasteiger partial charge is 0.289 e. The second-order valence-corrected chi connectivity index (χ2v) is 7.34. The van der Waals surface area contributed by atoms with E-state index in [9.17, 15) is 4.79 Å². The van der Waals surface area contributed by atoms with Crippen molar-refractivity contribution in [2.24, 2.45) is 10.4 Å². The number of nitrogens with zero attached hydrogens (tertiary/aromatic N) is 1. The van der Waals surface area contributed by atoms with Crippen LogP contribution >= 0.6 is 15.9 Å². The molecule has 0 heterocycles. The van der Waals surface area contributed by atoms with Crippen LogP contribution in [0.25, 0.3) is 0 Å². The molecule has 1 aliphatic rings. The maximum absolute atomic E-state index is 12.2. The highest BCUT2D eigenvalue weighted by molar-refractivity contribution is 9.10. The van der Waals surface area contributed by atoms with E-state index in [1.165, 1.54) is 0 Å². The average Bonchev–Trinajstić information content (AvgIpc) is 2.43. The van der Waals surface area contributed by atoms with Crippen LogP contribution in [0, 0.1) is 5.41 Å². The van der Waals surface area contributed by atoms with Gasteiger partial charge in [-0.2, -0.15) is 0 Å². The first-order chi connectivity index (χ1) is 10.3.